The van der Waals surface area contributed by atoms with Gasteiger partial charge in [-0.2, -0.15) is 0 Å². The van der Waals surface area contributed by atoms with E-state index in [0.29, 0.717) is 12.0 Å². The van der Waals surface area contributed by atoms with Crippen molar-refractivity contribution in [2.45, 2.75) is 39.2 Å². The predicted octanol–water partition coefficient (Wildman–Crippen LogP) is 1.29. The summed E-state index contributed by atoms with van der Waals surface area (Å²) < 4.78 is 9.76. The van der Waals surface area contributed by atoms with Crippen molar-refractivity contribution < 1.29 is 29.0 Å². The first kappa shape index (κ1) is 16.1. The molecule has 102 valence electrons. The molecule has 18 heavy (non-hydrogen) atoms. The number of aliphatic carboxylic acids is 1. The van der Waals surface area contributed by atoms with Crippen LogP contribution in [0, 0.1) is 0 Å². The molecular weight excluding hydrogens is 240 g/mol. The number of carboxylic acid groups (broad SMARTS) is 1. The fourth-order valence-corrected chi connectivity index (χ4v) is 0.992. The van der Waals surface area contributed by atoms with Crippen LogP contribution in [-0.2, 0) is 23.9 Å². The standard InChI is InChI=1S/C12H18O6/c1-8(2)12(16)17-7-6-9(3)18-11(15)5-4-10(13)14/h9H,1,4-7H2,2-3H3,(H,13,14). The Balaban J connectivity index is 3.73. The lowest BCUT2D eigenvalue weighted by Gasteiger charge is -2.13. The number of rotatable bonds is 8. The van der Waals surface area contributed by atoms with Gasteiger partial charge in [-0.25, -0.2) is 4.79 Å². The normalized spacial score (nSPS) is 11.4. The SMILES string of the molecule is C=C(C)C(=O)OCCC(C)OC(=O)CCC(=O)O. The van der Waals surface area contributed by atoms with Crippen LogP contribution in [0.1, 0.15) is 33.1 Å². The zero-order chi connectivity index (χ0) is 14.1. The Morgan fingerprint density at radius 1 is 1.28 bits per heavy atom. The monoisotopic (exact) mass is 258 g/mol. The molecule has 0 aromatic rings. The smallest absolute Gasteiger partial charge is 0.333 e. The van der Waals surface area contributed by atoms with E-state index in [0.717, 1.165) is 0 Å². The molecular formula is C12H18O6. The Morgan fingerprint density at radius 3 is 2.39 bits per heavy atom. The van der Waals surface area contributed by atoms with Crippen LogP contribution in [0.4, 0.5) is 0 Å². The molecule has 0 heterocycles. The van der Waals surface area contributed by atoms with E-state index >= 15 is 0 Å². The molecule has 0 bridgehead atoms. The van der Waals surface area contributed by atoms with Gasteiger partial charge in [0.25, 0.3) is 0 Å². The van der Waals surface area contributed by atoms with Crippen molar-refractivity contribution >= 4 is 17.9 Å². The highest BCUT2D eigenvalue weighted by Crippen LogP contribution is 2.03. The van der Waals surface area contributed by atoms with Crippen molar-refractivity contribution in [1.82, 2.24) is 0 Å². The Kier molecular flexibility index (Phi) is 7.42. The van der Waals surface area contributed by atoms with Gasteiger partial charge in [0.05, 0.1) is 19.4 Å². The van der Waals surface area contributed by atoms with Gasteiger partial charge in [0.2, 0.25) is 0 Å². The summed E-state index contributed by atoms with van der Waals surface area (Å²) in [6.45, 7) is 6.74. The van der Waals surface area contributed by atoms with Crippen LogP contribution in [0.5, 0.6) is 0 Å². The van der Waals surface area contributed by atoms with Crippen LogP contribution in [-0.4, -0.2) is 35.7 Å². The molecule has 0 spiro atoms. The molecule has 0 rings (SSSR count). The van der Waals surface area contributed by atoms with E-state index in [-0.39, 0.29) is 19.4 Å². The highest BCUT2D eigenvalue weighted by molar-refractivity contribution is 5.86. The van der Waals surface area contributed by atoms with E-state index in [2.05, 4.69) is 6.58 Å². The van der Waals surface area contributed by atoms with Crippen molar-refractivity contribution in [2.24, 2.45) is 0 Å². The van der Waals surface area contributed by atoms with Gasteiger partial charge in [-0.05, 0) is 13.8 Å². The maximum absolute atomic E-state index is 11.2. The van der Waals surface area contributed by atoms with Crippen molar-refractivity contribution in [1.29, 1.82) is 0 Å². The highest BCUT2D eigenvalue weighted by atomic mass is 16.6. The fraction of sp³-hybridized carbons (Fsp3) is 0.583. The first-order valence-corrected chi connectivity index (χ1v) is 5.56. The second-order valence-corrected chi connectivity index (χ2v) is 3.90. The summed E-state index contributed by atoms with van der Waals surface area (Å²) in [5.41, 5.74) is 0.307. The molecule has 0 fully saturated rings. The van der Waals surface area contributed by atoms with Crippen molar-refractivity contribution in [3.8, 4) is 0 Å². The van der Waals surface area contributed by atoms with Crippen LogP contribution in [0.3, 0.4) is 0 Å². The molecule has 0 saturated heterocycles. The van der Waals surface area contributed by atoms with E-state index in [1.807, 2.05) is 0 Å². The summed E-state index contributed by atoms with van der Waals surface area (Å²) in [4.78, 5) is 32.4. The number of carbonyl (C=O) groups excluding carboxylic acids is 2. The summed E-state index contributed by atoms with van der Waals surface area (Å²) in [6.07, 6.45) is -0.483. The van der Waals surface area contributed by atoms with Gasteiger partial charge in [0.1, 0.15) is 6.10 Å². The Hall–Kier alpha value is -1.85. The van der Waals surface area contributed by atoms with Gasteiger partial charge in [0, 0.05) is 12.0 Å². The minimum absolute atomic E-state index is 0.124. The second-order valence-electron chi connectivity index (χ2n) is 3.90. The third kappa shape index (κ3) is 8.32. The van der Waals surface area contributed by atoms with Gasteiger partial charge in [0.15, 0.2) is 0 Å². The summed E-state index contributed by atoms with van der Waals surface area (Å²) in [6, 6.07) is 0. The average Bonchev–Trinajstić information content (AvgIpc) is 2.25. The first-order valence-electron chi connectivity index (χ1n) is 5.56. The lowest BCUT2D eigenvalue weighted by Crippen LogP contribution is -2.18. The van der Waals surface area contributed by atoms with Gasteiger partial charge < -0.3 is 14.6 Å². The lowest BCUT2D eigenvalue weighted by molar-refractivity contribution is -0.152. The molecule has 1 N–H and O–H groups in total. The molecule has 6 nitrogen and oxygen atoms in total. The van der Waals surface area contributed by atoms with E-state index in [1.165, 1.54) is 6.92 Å². The van der Waals surface area contributed by atoms with E-state index in [1.54, 1.807) is 6.92 Å². The lowest BCUT2D eigenvalue weighted by atomic mass is 10.3. The fourth-order valence-electron chi connectivity index (χ4n) is 0.992. The number of ether oxygens (including phenoxy) is 2. The van der Waals surface area contributed by atoms with Crippen LogP contribution in [0.15, 0.2) is 12.2 Å². The molecule has 0 aromatic carbocycles. The van der Waals surface area contributed by atoms with Crippen molar-refractivity contribution in [3.63, 3.8) is 0 Å². The van der Waals surface area contributed by atoms with E-state index in [4.69, 9.17) is 14.6 Å². The van der Waals surface area contributed by atoms with Crippen molar-refractivity contribution in [3.05, 3.63) is 12.2 Å². The summed E-state index contributed by atoms with van der Waals surface area (Å²) in [5, 5.41) is 8.38. The molecule has 6 heteroatoms. The third-order valence-electron chi connectivity index (χ3n) is 1.98. The third-order valence-corrected chi connectivity index (χ3v) is 1.98. The minimum Gasteiger partial charge on any atom is -0.481 e. The molecule has 0 amide bonds. The number of hydrogen-bond acceptors (Lipinski definition) is 5. The number of esters is 2. The zero-order valence-corrected chi connectivity index (χ0v) is 10.6. The number of hydrogen-bond donors (Lipinski definition) is 1. The molecule has 0 saturated carbocycles. The van der Waals surface area contributed by atoms with Crippen LogP contribution < -0.4 is 0 Å². The molecule has 0 aliphatic carbocycles. The first-order chi connectivity index (χ1) is 8.32. The summed E-state index contributed by atoms with van der Waals surface area (Å²) in [5.74, 6) is -2.11. The Morgan fingerprint density at radius 2 is 1.89 bits per heavy atom. The molecule has 0 aliphatic rings. The molecule has 1 atom stereocenters. The van der Waals surface area contributed by atoms with Crippen LogP contribution in [0.2, 0.25) is 0 Å². The van der Waals surface area contributed by atoms with Crippen LogP contribution >= 0.6 is 0 Å². The van der Waals surface area contributed by atoms with Crippen LogP contribution in [0.25, 0.3) is 0 Å². The zero-order valence-electron chi connectivity index (χ0n) is 10.6. The quantitative estimate of drug-likeness (QED) is 0.521. The Labute approximate surface area is 106 Å². The highest BCUT2D eigenvalue weighted by Gasteiger charge is 2.12. The number of carboxylic acids is 1. The van der Waals surface area contributed by atoms with Gasteiger partial charge in [-0.3, -0.25) is 9.59 Å². The van der Waals surface area contributed by atoms with Gasteiger partial charge in [-0.15, -0.1) is 0 Å². The predicted molar refractivity (Wildman–Crippen MR) is 62.8 cm³/mol. The van der Waals surface area contributed by atoms with E-state index < -0.39 is 24.0 Å². The molecule has 0 aromatic heterocycles. The van der Waals surface area contributed by atoms with E-state index in [9.17, 15) is 14.4 Å². The number of carbonyl (C=O) groups is 3. The Bertz CT molecular complexity index is 333. The maximum atomic E-state index is 11.2. The van der Waals surface area contributed by atoms with Crippen molar-refractivity contribution in [2.75, 3.05) is 6.61 Å². The maximum Gasteiger partial charge on any atom is 0.333 e. The second kappa shape index (κ2) is 8.27. The van der Waals surface area contributed by atoms with Gasteiger partial charge in [-0.1, -0.05) is 6.58 Å². The summed E-state index contributed by atoms with van der Waals surface area (Å²) >= 11 is 0. The minimum atomic E-state index is -1.05. The molecule has 0 radical (unpaired) electrons. The molecule has 1 unspecified atom stereocenters. The van der Waals surface area contributed by atoms with Gasteiger partial charge >= 0.3 is 17.9 Å². The average molecular weight is 258 g/mol. The summed E-state index contributed by atoms with van der Waals surface area (Å²) in [7, 11) is 0. The molecule has 0 aliphatic heterocycles. The topological polar surface area (TPSA) is 89.9 Å². The largest absolute Gasteiger partial charge is 0.481 e.